The standard InChI is InChI=1S/C19H21N3O3.ClH/c1-13-17(20-11-12-25-13)19(24)22-16-9-7-14(8-10-16)18(23)21-15-5-3-2-4-6-15;/h2-10,13,17,20H,11-12H2,1H3,(H,21,23)(H,22,24);1H/t13-,17+;/m1./s1. The SMILES string of the molecule is C[C@H]1OCCN[C@@H]1C(=O)Nc1ccc(C(=O)Nc2ccccc2)cc1.Cl. The second kappa shape index (κ2) is 9.33. The summed E-state index contributed by atoms with van der Waals surface area (Å²) in [6.45, 7) is 3.13. The zero-order valence-corrected chi connectivity index (χ0v) is 15.2. The quantitative estimate of drug-likeness (QED) is 0.767. The molecule has 138 valence electrons. The van der Waals surface area contributed by atoms with Crippen LogP contribution in [0.1, 0.15) is 17.3 Å². The van der Waals surface area contributed by atoms with Crippen molar-refractivity contribution in [3.05, 3.63) is 60.2 Å². The van der Waals surface area contributed by atoms with Crippen LogP contribution in [-0.4, -0.2) is 37.1 Å². The molecule has 0 saturated carbocycles. The summed E-state index contributed by atoms with van der Waals surface area (Å²) in [5.41, 5.74) is 1.90. The zero-order valence-electron chi connectivity index (χ0n) is 14.4. The third-order valence-electron chi connectivity index (χ3n) is 4.05. The van der Waals surface area contributed by atoms with Gasteiger partial charge in [0, 0.05) is 23.5 Å². The van der Waals surface area contributed by atoms with Crippen molar-refractivity contribution in [2.24, 2.45) is 0 Å². The highest BCUT2D eigenvalue weighted by atomic mass is 35.5. The molecule has 1 aliphatic rings. The summed E-state index contributed by atoms with van der Waals surface area (Å²) in [7, 11) is 0. The van der Waals surface area contributed by atoms with Gasteiger partial charge in [0.05, 0.1) is 12.7 Å². The van der Waals surface area contributed by atoms with Crippen LogP contribution in [0.2, 0.25) is 0 Å². The van der Waals surface area contributed by atoms with E-state index in [4.69, 9.17) is 4.74 Å². The number of benzene rings is 2. The molecule has 26 heavy (non-hydrogen) atoms. The van der Waals surface area contributed by atoms with Crippen molar-refractivity contribution in [3.63, 3.8) is 0 Å². The first-order valence-corrected chi connectivity index (χ1v) is 8.26. The fraction of sp³-hybridized carbons (Fsp3) is 0.263. The summed E-state index contributed by atoms with van der Waals surface area (Å²) < 4.78 is 5.48. The van der Waals surface area contributed by atoms with Crippen molar-refractivity contribution in [1.82, 2.24) is 5.32 Å². The lowest BCUT2D eigenvalue weighted by atomic mass is 10.1. The van der Waals surface area contributed by atoms with Crippen LogP contribution in [0.4, 0.5) is 11.4 Å². The van der Waals surface area contributed by atoms with E-state index >= 15 is 0 Å². The highest BCUT2D eigenvalue weighted by molar-refractivity contribution is 6.04. The van der Waals surface area contributed by atoms with Crippen LogP contribution in [0, 0.1) is 0 Å². The molecule has 2 aromatic rings. The maximum absolute atomic E-state index is 12.3. The van der Waals surface area contributed by atoms with Crippen molar-refractivity contribution in [3.8, 4) is 0 Å². The predicted molar refractivity (Wildman–Crippen MR) is 104 cm³/mol. The summed E-state index contributed by atoms with van der Waals surface area (Å²) >= 11 is 0. The minimum absolute atomic E-state index is 0. The van der Waals surface area contributed by atoms with Crippen LogP contribution in [-0.2, 0) is 9.53 Å². The number of hydrogen-bond donors (Lipinski definition) is 3. The lowest BCUT2D eigenvalue weighted by Gasteiger charge is -2.29. The largest absolute Gasteiger partial charge is 0.375 e. The minimum atomic E-state index is -0.380. The number of morpholine rings is 1. The van der Waals surface area contributed by atoms with Crippen LogP contribution in [0.5, 0.6) is 0 Å². The van der Waals surface area contributed by atoms with Crippen molar-refractivity contribution in [2.75, 3.05) is 23.8 Å². The number of rotatable bonds is 4. The molecule has 2 amide bonds. The molecule has 0 bridgehead atoms. The number of para-hydroxylation sites is 1. The Morgan fingerprint density at radius 2 is 1.65 bits per heavy atom. The van der Waals surface area contributed by atoms with E-state index in [2.05, 4.69) is 16.0 Å². The average Bonchev–Trinajstić information content (AvgIpc) is 2.63. The number of ether oxygens (including phenoxy) is 1. The Morgan fingerprint density at radius 3 is 2.31 bits per heavy atom. The molecule has 0 radical (unpaired) electrons. The Balaban J connectivity index is 0.00000243. The van der Waals surface area contributed by atoms with Crippen molar-refractivity contribution in [1.29, 1.82) is 0 Å². The molecule has 3 N–H and O–H groups in total. The van der Waals surface area contributed by atoms with E-state index in [-0.39, 0.29) is 36.4 Å². The number of halogens is 1. The molecule has 2 atom stereocenters. The van der Waals surface area contributed by atoms with Gasteiger partial charge in [0.2, 0.25) is 5.91 Å². The van der Waals surface area contributed by atoms with E-state index in [1.165, 1.54) is 0 Å². The molecule has 6 nitrogen and oxygen atoms in total. The first kappa shape index (κ1) is 19.9. The summed E-state index contributed by atoms with van der Waals surface area (Å²) in [4.78, 5) is 24.5. The fourth-order valence-corrected chi connectivity index (χ4v) is 2.68. The molecule has 1 saturated heterocycles. The molecule has 0 spiro atoms. The van der Waals surface area contributed by atoms with Gasteiger partial charge in [0.1, 0.15) is 6.04 Å². The Labute approximate surface area is 158 Å². The van der Waals surface area contributed by atoms with Gasteiger partial charge in [-0.05, 0) is 43.3 Å². The third-order valence-corrected chi connectivity index (χ3v) is 4.05. The summed E-state index contributed by atoms with van der Waals surface area (Å²) in [6, 6.07) is 15.7. The van der Waals surface area contributed by atoms with Gasteiger partial charge in [-0.2, -0.15) is 0 Å². The van der Waals surface area contributed by atoms with Crippen LogP contribution >= 0.6 is 12.4 Å². The first-order chi connectivity index (χ1) is 12.1. The number of anilines is 2. The molecule has 1 fully saturated rings. The van der Waals surface area contributed by atoms with E-state index < -0.39 is 0 Å². The molecule has 2 aromatic carbocycles. The summed E-state index contributed by atoms with van der Waals surface area (Å²) in [5, 5.41) is 8.81. The molecule has 3 rings (SSSR count). The second-order valence-corrected chi connectivity index (χ2v) is 5.89. The second-order valence-electron chi connectivity index (χ2n) is 5.89. The summed E-state index contributed by atoms with van der Waals surface area (Å²) in [5.74, 6) is -0.339. The highest BCUT2D eigenvalue weighted by Crippen LogP contribution is 2.14. The number of carbonyl (C=O) groups excluding carboxylic acids is 2. The molecular weight excluding hydrogens is 354 g/mol. The molecule has 1 aliphatic heterocycles. The number of hydrogen-bond acceptors (Lipinski definition) is 4. The van der Waals surface area contributed by atoms with Gasteiger partial charge in [0.25, 0.3) is 5.91 Å². The zero-order chi connectivity index (χ0) is 17.6. The van der Waals surface area contributed by atoms with Crippen LogP contribution in [0.3, 0.4) is 0 Å². The number of amides is 2. The summed E-state index contributed by atoms with van der Waals surface area (Å²) in [6.07, 6.45) is -0.176. The van der Waals surface area contributed by atoms with Crippen LogP contribution < -0.4 is 16.0 Å². The van der Waals surface area contributed by atoms with Gasteiger partial charge in [-0.15, -0.1) is 12.4 Å². The lowest BCUT2D eigenvalue weighted by Crippen LogP contribution is -2.53. The van der Waals surface area contributed by atoms with Crippen LogP contribution in [0.25, 0.3) is 0 Å². The van der Waals surface area contributed by atoms with E-state index in [0.29, 0.717) is 24.4 Å². The average molecular weight is 376 g/mol. The topological polar surface area (TPSA) is 79.5 Å². The Morgan fingerprint density at radius 1 is 1.00 bits per heavy atom. The predicted octanol–water partition coefficient (Wildman–Crippen LogP) is 2.68. The smallest absolute Gasteiger partial charge is 0.255 e. The minimum Gasteiger partial charge on any atom is -0.375 e. The Hall–Kier alpha value is -2.41. The molecular formula is C19H22ClN3O3. The van der Waals surface area contributed by atoms with Crippen LogP contribution in [0.15, 0.2) is 54.6 Å². The van der Waals surface area contributed by atoms with Crippen molar-refractivity contribution < 1.29 is 14.3 Å². The third kappa shape index (κ3) is 5.05. The maximum Gasteiger partial charge on any atom is 0.255 e. The van der Waals surface area contributed by atoms with Gasteiger partial charge in [-0.25, -0.2) is 0 Å². The molecule has 0 aliphatic carbocycles. The van der Waals surface area contributed by atoms with Gasteiger partial charge < -0.3 is 20.7 Å². The van der Waals surface area contributed by atoms with E-state index in [1.807, 2.05) is 37.3 Å². The van der Waals surface area contributed by atoms with E-state index in [1.54, 1.807) is 24.3 Å². The fourth-order valence-electron chi connectivity index (χ4n) is 2.68. The Bertz CT molecular complexity index is 737. The first-order valence-electron chi connectivity index (χ1n) is 8.26. The molecule has 1 heterocycles. The van der Waals surface area contributed by atoms with Gasteiger partial charge >= 0.3 is 0 Å². The van der Waals surface area contributed by atoms with Gasteiger partial charge in [-0.1, -0.05) is 18.2 Å². The number of carbonyl (C=O) groups is 2. The maximum atomic E-state index is 12.3. The molecule has 0 unspecified atom stereocenters. The highest BCUT2D eigenvalue weighted by Gasteiger charge is 2.28. The van der Waals surface area contributed by atoms with E-state index in [9.17, 15) is 9.59 Å². The lowest BCUT2D eigenvalue weighted by molar-refractivity contribution is -0.123. The van der Waals surface area contributed by atoms with E-state index in [0.717, 1.165) is 5.69 Å². The van der Waals surface area contributed by atoms with Crippen molar-refractivity contribution in [2.45, 2.75) is 19.1 Å². The molecule has 7 heteroatoms. The monoisotopic (exact) mass is 375 g/mol. The van der Waals surface area contributed by atoms with Gasteiger partial charge in [0.15, 0.2) is 0 Å². The Kier molecular flexibility index (Phi) is 7.15. The molecule has 0 aromatic heterocycles. The van der Waals surface area contributed by atoms with Gasteiger partial charge in [-0.3, -0.25) is 9.59 Å². The normalized spacial score (nSPS) is 19.1. The van der Waals surface area contributed by atoms with Crippen molar-refractivity contribution >= 4 is 35.6 Å². The number of nitrogens with one attached hydrogen (secondary N) is 3.